The van der Waals surface area contributed by atoms with E-state index in [-0.39, 0.29) is 5.41 Å². The Morgan fingerprint density at radius 3 is 2.88 bits per heavy atom. The van der Waals surface area contributed by atoms with Crippen molar-refractivity contribution in [2.75, 3.05) is 6.54 Å². The van der Waals surface area contributed by atoms with Gasteiger partial charge in [0.2, 0.25) is 0 Å². The minimum Gasteiger partial charge on any atom is -0.452 e. The Balaban J connectivity index is 2.22. The highest BCUT2D eigenvalue weighted by Crippen LogP contribution is 2.49. The van der Waals surface area contributed by atoms with Crippen molar-refractivity contribution in [3.05, 3.63) is 22.6 Å². The molecule has 1 saturated carbocycles. The molecule has 0 radical (unpaired) electrons. The lowest BCUT2D eigenvalue weighted by atomic mass is 9.78. The quantitative estimate of drug-likeness (QED) is 0.899. The third kappa shape index (κ3) is 2.06. The molecule has 0 saturated heterocycles. The van der Waals surface area contributed by atoms with Gasteiger partial charge in [0.1, 0.15) is 11.9 Å². The van der Waals surface area contributed by atoms with Gasteiger partial charge in [-0.1, -0.05) is 13.3 Å². The molecule has 3 N–H and O–H groups in total. The third-order valence-corrected chi connectivity index (χ3v) is 4.17. The first kappa shape index (κ1) is 12.1. The fraction of sp³-hybridized carbons (Fsp3) is 0.667. The maximum atomic E-state index is 10.4. The van der Waals surface area contributed by atoms with Crippen LogP contribution in [0, 0.1) is 11.3 Å². The Morgan fingerprint density at radius 1 is 1.69 bits per heavy atom. The molecule has 0 spiro atoms. The van der Waals surface area contributed by atoms with E-state index < -0.39 is 6.10 Å². The van der Waals surface area contributed by atoms with Gasteiger partial charge in [0, 0.05) is 12.0 Å². The van der Waals surface area contributed by atoms with Crippen molar-refractivity contribution in [3.63, 3.8) is 0 Å². The fourth-order valence-corrected chi connectivity index (χ4v) is 3.07. The molecule has 1 aliphatic rings. The zero-order valence-corrected chi connectivity index (χ0v) is 11.0. The third-order valence-electron chi connectivity index (χ3n) is 3.74. The summed E-state index contributed by atoms with van der Waals surface area (Å²) in [6.45, 7) is 2.72. The van der Waals surface area contributed by atoms with Crippen LogP contribution < -0.4 is 5.73 Å². The minimum absolute atomic E-state index is 0.198. The molecule has 0 bridgehead atoms. The average molecular weight is 288 g/mol. The Bertz CT molecular complexity index is 366. The van der Waals surface area contributed by atoms with Crippen molar-refractivity contribution in [1.29, 1.82) is 0 Å². The smallest absolute Gasteiger partial charge is 0.169 e. The molecule has 1 heterocycles. The van der Waals surface area contributed by atoms with Gasteiger partial charge in [-0.3, -0.25) is 0 Å². The molecule has 1 aromatic rings. The monoisotopic (exact) mass is 287 g/mol. The highest BCUT2D eigenvalue weighted by molar-refractivity contribution is 9.10. The molecule has 2 rings (SSSR count). The molecule has 0 aliphatic heterocycles. The first-order valence-electron chi connectivity index (χ1n) is 5.71. The molecule has 4 heteroatoms. The van der Waals surface area contributed by atoms with E-state index in [1.807, 2.05) is 6.07 Å². The second-order valence-corrected chi connectivity index (χ2v) is 5.74. The number of aliphatic hydroxyl groups is 1. The van der Waals surface area contributed by atoms with E-state index in [1.165, 1.54) is 0 Å². The summed E-state index contributed by atoms with van der Waals surface area (Å²) >= 11 is 3.25. The molecule has 1 aliphatic carbocycles. The molecule has 3 unspecified atom stereocenters. The molecule has 16 heavy (non-hydrogen) atoms. The summed E-state index contributed by atoms with van der Waals surface area (Å²) in [5, 5.41) is 10.4. The van der Waals surface area contributed by atoms with Crippen molar-refractivity contribution in [2.24, 2.45) is 17.1 Å². The number of aliphatic hydroxyl groups excluding tert-OH is 1. The molecule has 0 amide bonds. The summed E-state index contributed by atoms with van der Waals surface area (Å²) in [5.74, 6) is 1.25. The van der Waals surface area contributed by atoms with Crippen molar-refractivity contribution < 1.29 is 9.52 Å². The standard InChI is InChI=1S/C12H18BrNO2/c1-8-4-5-12(6-8,7-14)11(15)9-2-3-10(13)16-9/h2-3,8,11,15H,4-7,14H2,1H3. The van der Waals surface area contributed by atoms with Gasteiger partial charge in [-0.25, -0.2) is 0 Å². The first-order chi connectivity index (χ1) is 7.57. The minimum atomic E-state index is -0.589. The van der Waals surface area contributed by atoms with Crippen molar-refractivity contribution in [2.45, 2.75) is 32.3 Å². The van der Waals surface area contributed by atoms with E-state index in [9.17, 15) is 5.11 Å². The Labute approximate surface area is 104 Å². The summed E-state index contributed by atoms with van der Waals surface area (Å²) in [7, 11) is 0. The van der Waals surface area contributed by atoms with Crippen molar-refractivity contribution in [1.82, 2.24) is 0 Å². The topological polar surface area (TPSA) is 59.4 Å². The Morgan fingerprint density at radius 2 is 2.44 bits per heavy atom. The molecule has 3 nitrogen and oxygen atoms in total. The molecule has 1 fully saturated rings. The number of nitrogens with two attached hydrogens (primary N) is 1. The first-order valence-corrected chi connectivity index (χ1v) is 6.50. The fourth-order valence-electron chi connectivity index (χ4n) is 2.75. The van der Waals surface area contributed by atoms with Crippen LogP contribution in [-0.4, -0.2) is 11.7 Å². The summed E-state index contributed by atoms with van der Waals surface area (Å²) < 4.78 is 6.08. The molecule has 1 aromatic heterocycles. The van der Waals surface area contributed by atoms with Crippen LogP contribution in [0.1, 0.15) is 38.1 Å². The predicted octanol–water partition coefficient (Wildman–Crippen LogP) is 2.84. The van der Waals surface area contributed by atoms with Gasteiger partial charge in [-0.15, -0.1) is 0 Å². The maximum absolute atomic E-state index is 10.4. The second-order valence-electron chi connectivity index (χ2n) is 4.96. The van der Waals surface area contributed by atoms with Gasteiger partial charge in [-0.2, -0.15) is 0 Å². The lowest BCUT2D eigenvalue weighted by Gasteiger charge is -2.31. The van der Waals surface area contributed by atoms with Gasteiger partial charge in [0.15, 0.2) is 4.67 Å². The van der Waals surface area contributed by atoms with Crippen LogP contribution in [0.4, 0.5) is 0 Å². The Hall–Kier alpha value is -0.320. The zero-order valence-electron chi connectivity index (χ0n) is 9.45. The number of halogens is 1. The van der Waals surface area contributed by atoms with Crippen LogP contribution in [0.25, 0.3) is 0 Å². The van der Waals surface area contributed by atoms with Gasteiger partial charge in [0.25, 0.3) is 0 Å². The summed E-state index contributed by atoms with van der Waals surface area (Å²) in [4.78, 5) is 0. The summed E-state index contributed by atoms with van der Waals surface area (Å²) in [6, 6.07) is 3.62. The highest BCUT2D eigenvalue weighted by atomic mass is 79.9. The van der Waals surface area contributed by atoms with Crippen LogP contribution in [0.15, 0.2) is 21.2 Å². The Kier molecular flexibility index (Phi) is 3.42. The van der Waals surface area contributed by atoms with E-state index in [4.69, 9.17) is 10.2 Å². The van der Waals surface area contributed by atoms with E-state index in [2.05, 4.69) is 22.9 Å². The van der Waals surface area contributed by atoms with E-state index in [0.717, 1.165) is 19.3 Å². The molecular weight excluding hydrogens is 270 g/mol. The van der Waals surface area contributed by atoms with Gasteiger partial charge < -0.3 is 15.3 Å². The van der Waals surface area contributed by atoms with Crippen LogP contribution in [0.2, 0.25) is 0 Å². The largest absolute Gasteiger partial charge is 0.452 e. The highest BCUT2D eigenvalue weighted by Gasteiger charge is 2.44. The second kappa shape index (κ2) is 4.51. The zero-order chi connectivity index (χ0) is 11.8. The van der Waals surface area contributed by atoms with Crippen LogP contribution >= 0.6 is 15.9 Å². The van der Waals surface area contributed by atoms with E-state index in [1.54, 1.807) is 6.07 Å². The van der Waals surface area contributed by atoms with Gasteiger partial charge in [0.05, 0.1) is 0 Å². The van der Waals surface area contributed by atoms with E-state index in [0.29, 0.717) is 22.9 Å². The molecule has 0 aromatic carbocycles. The van der Waals surface area contributed by atoms with Crippen LogP contribution in [0.5, 0.6) is 0 Å². The van der Waals surface area contributed by atoms with Gasteiger partial charge >= 0.3 is 0 Å². The van der Waals surface area contributed by atoms with Crippen molar-refractivity contribution >= 4 is 15.9 Å². The summed E-state index contributed by atoms with van der Waals surface area (Å²) in [6.07, 6.45) is 2.50. The maximum Gasteiger partial charge on any atom is 0.169 e. The van der Waals surface area contributed by atoms with Gasteiger partial charge in [-0.05, 0) is 46.8 Å². The van der Waals surface area contributed by atoms with E-state index >= 15 is 0 Å². The number of hydrogen-bond donors (Lipinski definition) is 2. The van der Waals surface area contributed by atoms with Crippen molar-refractivity contribution in [3.8, 4) is 0 Å². The number of rotatable bonds is 3. The summed E-state index contributed by atoms with van der Waals surface area (Å²) in [5.41, 5.74) is 5.66. The predicted molar refractivity (Wildman–Crippen MR) is 65.9 cm³/mol. The average Bonchev–Trinajstić information content (AvgIpc) is 2.85. The molecular formula is C12H18BrNO2. The van der Waals surface area contributed by atoms with Crippen LogP contribution in [0.3, 0.4) is 0 Å². The van der Waals surface area contributed by atoms with Crippen LogP contribution in [-0.2, 0) is 0 Å². The number of hydrogen-bond acceptors (Lipinski definition) is 3. The SMILES string of the molecule is CC1CCC(CN)(C(O)c2ccc(Br)o2)C1. The lowest BCUT2D eigenvalue weighted by Crippen LogP contribution is -2.34. The normalized spacial score (nSPS) is 31.9. The number of furan rings is 1. The molecule has 90 valence electrons. The lowest BCUT2D eigenvalue weighted by molar-refractivity contribution is 0.0137. The molecule has 3 atom stereocenters.